The van der Waals surface area contributed by atoms with Gasteiger partial charge < -0.3 is 4.74 Å². The molecule has 0 aliphatic carbocycles. The van der Waals surface area contributed by atoms with E-state index in [1.807, 2.05) is 18.2 Å². The van der Waals surface area contributed by atoms with Crippen LogP contribution in [0.3, 0.4) is 0 Å². The second-order valence-corrected chi connectivity index (χ2v) is 7.69. The second kappa shape index (κ2) is 10.00. The molecule has 0 radical (unpaired) electrons. The minimum Gasteiger partial charge on any atom is -0.497 e. The molecule has 3 aromatic rings. The Hall–Kier alpha value is -2.72. The molecule has 4 heteroatoms. The topological polar surface area (TPSA) is 34.5 Å². The van der Waals surface area contributed by atoms with E-state index in [1.165, 1.54) is 16.1 Å². The summed E-state index contributed by atoms with van der Waals surface area (Å²) in [4.78, 5) is 8.64. The molecule has 0 saturated carbocycles. The summed E-state index contributed by atoms with van der Waals surface area (Å²) in [6.07, 6.45) is 8.13. The third-order valence-electron chi connectivity index (χ3n) is 4.75. The summed E-state index contributed by atoms with van der Waals surface area (Å²) in [6.45, 7) is 5.60. The number of aliphatic imine (C=N–C) groups is 1. The maximum atomic E-state index is 5.21. The minimum atomic E-state index is 0.912. The van der Waals surface area contributed by atoms with Gasteiger partial charge in [-0.3, -0.25) is 4.99 Å². The first-order chi connectivity index (χ1) is 13.7. The van der Waals surface area contributed by atoms with Crippen molar-refractivity contribution < 1.29 is 4.74 Å². The summed E-state index contributed by atoms with van der Waals surface area (Å²) in [5, 5.41) is 3.36. The standard InChI is InChI=1S/C24H26N2OS/c1-18-8-11-21(16-20(18)14-15-25-2)23-17-28-24(26-23)7-5-4-6-19-9-12-22(27-3)13-10-19/h8-17H,2,4-7H2,1,3H3/b15-14-. The number of thiazole rings is 1. The number of unbranched alkanes of at least 4 members (excludes halogenated alkanes) is 1. The maximum Gasteiger partial charge on any atom is 0.118 e. The number of ether oxygens (including phenoxy) is 1. The van der Waals surface area contributed by atoms with Gasteiger partial charge in [0.2, 0.25) is 0 Å². The Labute approximate surface area is 171 Å². The highest BCUT2D eigenvalue weighted by atomic mass is 32.1. The summed E-state index contributed by atoms with van der Waals surface area (Å²) < 4.78 is 5.21. The highest BCUT2D eigenvalue weighted by Gasteiger charge is 2.06. The van der Waals surface area contributed by atoms with E-state index in [0.29, 0.717) is 0 Å². The lowest BCUT2D eigenvalue weighted by molar-refractivity contribution is 0.414. The number of aromatic nitrogens is 1. The van der Waals surface area contributed by atoms with Crippen LogP contribution in [0.1, 0.15) is 34.5 Å². The first-order valence-corrected chi connectivity index (χ1v) is 10.4. The lowest BCUT2D eigenvalue weighted by Gasteiger charge is -2.04. The molecule has 0 aliphatic rings. The Morgan fingerprint density at radius 2 is 1.89 bits per heavy atom. The van der Waals surface area contributed by atoms with Crippen molar-refractivity contribution in [1.82, 2.24) is 4.98 Å². The third kappa shape index (κ3) is 5.40. The molecule has 0 amide bonds. The highest BCUT2D eigenvalue weighted by molar-refractivity contribution is 7.09. The summed E-state index contributed by atoms with van der Waals surface area (Å²) in [5.41, 5.74) is 5.93. The van der Waals surface area contributed by atoms with Gasteiger partial charge in [0, 0.05) is 17.1 Å². The van der Waals surface area contributed by atoms with E-state index < -0.39 is 0 Å². The molecule has 144 valence electrons. The zero-order chi connectivity index (χ0) is 19.8. The number of hydrogen-bond acceptors (Lipinski definition) is 4. The molecule has 0 atom stereocenters. The summed E-state index contributed by atoms with van der Waals surface area (Å²) in [6, 6.07) is 14.8. The van der Waals surface area contributed by atoms with Crippen LogP contribution in [0.4, 0.5) is 0 Å². The van der Waals surface area contributed by atoms with Crippen LogP contribution in [0.25, 0.3) is 17.3 Å². The van der Waals surface area contributed by atoms with E-state index in [2.05, 4.69) is 54.3 Å². The molecule has 2 aromatic carbocycles. The van der Waals surface area contributed by atoms with Crippen LogP contribution in [-0.2, 0) is 12.8 Å². The number of aryl methyl sites for hydroxylation is 3. The van der Waals surface area contributed by atoms with Gasteiger partial charge in [0.05, 0.1) is 17.8 Å². The first kappa shape index (κ1) is 20.0. The van der Waals surface area contributed by atoms with Gasteiger partial charge in [0.25, 0.3) is 0 Å². The van der Waals surface area contributed by atoms with Gasteiger partial charge in [0.15, 0.2) is 0 Å². The van der Waals surface area contributed by atoms with Crippen molar-refractivity contribution in [3.05, 3.63) is 75.7 Å². The molecule has 1 aromatic heterocycles. The summed E-state index contributed by atoms with van der Waals surface area (Å²) in [5.74, 6) is 0.912. The number of rotatable bonds is 9. The number of nitrogens with zero attached hydrogens (tertiary/aromatic N) is 2. The van der Waals surface area contributed by atoms with E-state index in [1.54, 1.807) is 24.6 Å². The molecule has 28 heavy (non-hydrogen) atoms. The largest absolute Gasteiger partial charge is 0.497 e. The Morgan fingerprint density at radius 1 is 1.11 bits per heavy atom. The van der Waals surface area contributed by atoms with Crippen molar-refractivity contribution in [3.8, 4) is 17.0 Å². The molecule has 0 fully saturated rings. The molecule has 3 rings (SSSR count). The van der Waals surface area contributed by atoms with Crippen LogP contribution < -0.4 is 4.74 Å². The van der Waals surface area contributed by atoms with Crippen molar-refractivity contribution in [2.75, 3.05) is 7.11 Å². The van der Waals surface area contributed by atoms with E-state index in [0.717, 1.165) is 48.3 Å². The molecule has 0 aliphatic heterocycles. The third-order valence-corrected chi connectivity index (χ3v) is 5.66. The van der Waals surface area contributed by atoms with Gasteiger partial charge in [-0.25, -0.2) is 4.98 Å². The summed E-state index contributed by atoms with van der Waals surface area (Å²) in [7, 11) is 1.70. The van der Waals surface area contributed by atoms with Gasteiger partial charge in [-0.05, 0) is 80.3 Å². The molecule has 0 spiro atoms. The fourth-order valence-electron chi connectivity index (χ4n) is 3.07. The van der Waals surface area contributed by atoms with Crippen LogP contribution in [-0.4, -0.2) is 18.8 Å². The van der Waals surface area contributed by atoms with Crippen LogP contribution in [0, 0.1) is 6.92 Å². The lowest BCUT2D eigenvalue weighted by atomic mass is 10.0. The zero-order valence-corrected chi connectivity index (χ0v) is 17.3. The normalized spacial score (nSPS) is 11.1. The number of hydrogen-bond donors (Lipinski definition) is 0. The van der Waals surface area contributed by atoms with Crippen molar-refractivity contribution in [1.29, 1.82) is 0 Å². The van der Waals surface area contributed by atoms with Crippen molar-refractivity contribution in [2.45, 2.75) is 32.6 Å². The van der Waals surface area contributed by atoms with Gasteiger partial charge in [0.1, 0.15) is 5.75 Å². The minimum absolute atomic E-state index is 0.912. The molecular weight excluding hydrogens is 364 g/mol. The predicted octanol–water partition coefficient (Wildman–Crippen LogP) is 6.36. The van der Waals surface area contributed by atoms with Crippen molar-refractivity contribution in [2.24, 2.45) is 4.99 Å². The van der Waals surface area contributed by atoms with Gasteiger partial charge in [-0.2, -0.15) is 0 Å². The van der Waals surface area contributed by atoms with Crippen molar-refractivity contribution >= 4 is 24.1 Å². The number of benzene rings is 2. The zero-order valence-electron chi connectivity index (χ0n) is 16.5. The van der Waals surface area contributed by atoms with Crippen LogP contribution in [0.15, 0.2) is 59.0 Å². The van der Waals surface area contributed by atoms with Gasteiger partial charge >= 0.3 is 0 Å². The van der Waals surface area contributed by atoms with Crippen LogP contribution in [0.5, 0.6) is 5.75 Å². The molecular formula is C24H26N2OS. The van der Waals surface area contributed by atoms with E-state index in [4.69, 9.17) is 9.72 Å². The fourth-order valence-corrected chi connectivity index (χ4v) is 3.92. The summed E-state index contributed by atoms with van der Waals surface area (Å²) >= 11 is 1.75. The molecule has 0 unspecified atom stereocenters. The fraction of sp³-hybridized carbons (Fsp3) is 0.250. The Kier molecular flexibility index (Phi) is 7.15. The van der Waals surface area contributed by atoms with Gasteiger partial charge in [-0.15, -0.1) is 11.3 Å². The van der Waals surface area contributed by atoms with Crippen LogP contribution >= 0.6 is 11.3 Å². The Bertz CT molecular complexity index is 941. The smallest absolute Gasteiger partial charge is 0.118 e. The Morgan fingerprint density at radius 3 is 2.64 bits per heavy atom. The molecule has 0 N–H and O–H groups in total. The molecule has 0 bridgehead atoms. The lowest BCUT2D eigenvalue weighted by Crippen LogP contribution is -1.90. The number of methoxy groups -OCH3 is 1. The highest BCUT2D eigenvalue weighted by Crippen LogP contribution is 2.26. The van der Waals surface area contributed by atoms with E-state index in [9.17, 15) is 0 Å². The predicted molar refractivity (Wildman–Crippen MR) is 121 cm³/mol. The molecule has 3 nitrogen and oxygen atoms in total. The van der Waals surface area contributed by atoms with E-state index in [-0.39, 0.29) is 0 Å². The average molecular weight is 391 g/mol. The molecule has 1 heterocycles. The average Bonchev–Trinajstić information content (AvgIpc) is 3.20. The maximum absolute atomic E-state index is 5.21. The second-order valence-electron chi connectivity index (χ2n) is 6.75. The first-order valence-electron chi connectivity index (χ1n) is 9.50. The van der Waals surface area contributed by atoms with Crippen LogP contribution in [0.2, 0.25) is 0 Å². The SMILES string of the molecule is C=N/C=C\c1cc(-c2csc(CCCCc3ccc(OC)cc3)n2)ccc1C. The van der Waals surface area contributed by atoms with Crippen molar-refractivity contribution in [3.63, 3.8) is 0 Å². The Balaban J connectivity index is 1.55. The molecule has 0 saturated heterocycles. The van der Waals surface area contributed by atoms with Gasteiger partial charge in [-0.1, -0.05) is 24.3 Å². The van der Waals surface area contributed by atoms with E-state index >= 15 is 0 Å². The monoisotopic (exact) mass is 390 g/mol. The quantitative estimate of drug-likeness (QED) is 0.314.